The molecule has 5 nitrogen and oxygen atoms in total. The van der Waals surface area contributed by atoms with Gasteiger partial charge in [0.2, 0.25) is 0 Å². The lowest BCUT2D eigenvalue weighted by Crippen LogP contribution is -2.30. The van der Waals surface area contributed by atoms with E-state index in [0.717, 1.165) is 12.1 Å². The molecule has 0 spiro atoms. The molecule has 0 aliphatic rings. The molecule has 2 rings (SSSR count). The van der Waals surface area contributed by atoms with Gasteiger partial charge in [-0.3, -0.25) is 14.6 Å². The van der Waals surface area contributed by atoms with Crippen molar-refractivity contribution in [2.24, 2.45) is 0 Å². The topological polar surface area (TPSA) is 71.1 Å². The second-order valence-corrected chi connectivity index (χ2v) is 5.14. The Morgan fingerprint density at radius 3 is 2.17 bits per heavy atom. The number of para-hydroxylation sites is 1. The number of benzene rings is 1. The molecule has 0 atom stereocenters. The van der Waals surface area contributed by atoms with Crippen molar-refractivity contribution in [3.05, 3.63) is 59.4 Å². The zero-order valence-electron chi connectivity index (χ0n) is 12.6. The van der Waals surface area contributed by atoms with Gasteiger partial charge in [0.05, 0.1) is 11.1 Å². The summed E-state index contributed by atoms with van der Waals surface area (Å²) in [7, 11) is 0. The Morgan fingerprint density at radius 2 is 1.61 bits per heavy atom. The third kappa shape index (κ3) is 4.09. The number of carbonyl (C=O) groups excluding carboxylic acids is 2. The molecule has 0 aliphatic heterocycles. The number of anilines is 1. The van der Waals surface area contributed by atoms with E-state index >= 15 is 0 Å². The highest BCUT2D eigenvalue weighted by atomic mass is 19.1. The second-order valence-electron chi connectivity index (χ2n) is 5.14. The van der Waals surface area contributed by atoms with Crippen LogP contribution in [0.4, 0.5) is 14.5 Å². The fourth-order valence-corrected chi connectivity index (χ4v) is 1.84. The van der Waals surface area contributed by atoms with Gasteiger partial charge in [-0.25, -0.2) is 8.78 Å². The molecule has 0 saturated heterocycles. The minimum atomic E-state index is -0.889. The number of nitrogens with zero attached hydrogens (tertiary/aromatic N) is 1. The van der Waals surface area contributed by atoms with Gasteiger partial charge in [0, 0.05) is 18.4 Å². The molecule has 2 aromatic rings. The Hall–Kier alpha value is -2.83. The van der Waals surface area contributed by atoms with Gasteiger partial charge in [-0.05, 0) is 32.0 Å². The first-order chi connectivity index (χ1) is 10.9. The first-order valence-corrected chi connectivity index (χ1v) is 6.89. The minimum absolute atomic E-state index is 0.0176. The largest absolute Gasteiger partial charge is 0.350 e. The van der Waals surface area contributed by atoms with E-state index in [2.05, 4.69) is 15.6 Å². The Bertz CT molecular complexity index is 728. The van der Waals surface area contributed by atoms with Crippen molar-refractivity contribution >= 4 is 17.5 Å². The van der Waals surface area contributed by atoms with Crippen molar-refractivity contribution in [1.82, 2.24) is 10.3 Å². The fourth-order valence-electron chi connectivity index (χ4n) is 1.84. The molecule has 7 heteroatoms. The minimum Gasteiger partial charge on any atom is -0.350 e. The maximum absolute atomic E-state index is 13.5. The molecule has 120 valence electrons. The van der Waals surface area contributed by atoms with Crippen LogP contribution in [0.3, 0.4) is 0 Å². The van der Waals surface area contributed by atoms with Crippen LogP contribution in [0, 0.1) is 11.6 Å². The Labute approximate surface area is 131 Å². The summed E-state index contributed by atoms with van der Waals surface area (Å²) >= 11 is 0. The lowest BCUT2D eigenvalue weighted by molar-refractivity contribution is 0.0942. The van der Waals surface area contributed by atoms with Crippen LogP contribution in [0.1, 0.15) is 34.6 Å². The van der Waals surface area contributed by atoms with Gasteiger partial charge in [-0.2, -0.15) is 0 Å². The maximum atomic E-state index is 13.5. The molecule has 0 aliphatic carbocycles. The van der Waals surface area contributed by atoms with E-state index in [1.807, 2.05) is 0 Å². The Morgan fingerprint density at radius 1 is 1.04 bits per heavy atom. The molecule has 1 aromatic heterocycles. The molecule has 0 radical (unpaired) electrons. The summed E-state index contributed by atoms with van der Waals surface area (Å²) in [6.45, 7) is 3.59. The van der Waals surface area contributed by atoms with Gasteiger partial charge in [0.25, 0.3) is 11.8 Å². The molecular formula is C16H15F2N3O2. The average Bonchev–Trinajstić information content (AvgIpc) is 2.50. The summed E-state index contributed by atoms with van der Waals surface area (Å²) in [4.78, 5) is 27.8. The third-order valence-corrected chi connectivity index (χ3v) is 2.88. The van der Waals surface area contributed by atoms with Crippen molar-refractivity contribution in [2.45, 2.75) is 19.9 Å². The zero-order chi connectivity index (χ0) is 17.0. The molecule has 0 fully saturated rings. The van der Waals surface area contributed by atoms with Gasteiger partial charge in [0.1, 0.15) is 17.3 Å². The Balaban J connectivity index is 2.22. The van der Waals surface area contributed by atoms with Crippen molar-refractivity contribution in [2.75, 3.05) is 5.32 Å². The summed E-state index contributed by atoms with van der Waals surface area (Å²) in [6, 6.07) is 4.48. The predicted octanol–water partition coefficient (Wildman–Crippen LogP) is 2.75. The van der Waals surface area contributed by atoms with E-state index in [1.165, 1.54) is 24.5 Å². The van der Waals surface area contributed by atoms with E-state index < -0.39 is 23.2 Å². The monoisotopic (exact) mass is 319 g/mol. The number of amides is 2. The number of nitrogens with one attached hydrogen (secondary N) is 2. The highest BCUT2D eigenvalue weighted by Gasteiger charge is 2.15. The molecule has 0 saturated carbocycles. The van der Waals surface area contributed by atoms with Crippen molar-refractivity contribution in [3.8, 4) is 0 Å². The highest BCUT2D eigenvalue weighted by Crippen LogP contribution is 2.19. The molecule has 1 heterocycles. The normalized spacial score (nSPS) is 10.5. The molecule has 1 aromatic carbocycles. The number of rotatable bonds is 4. The van der Waals surface area contributed by atoms with Crippen LogP contribution in [0.15, 0.2) is 36.7 Å². The summed E-state index contributed by atoms with van der Waals surface area (Å²) in [5.74, 6) is -2.93. The van der Waals surface area contributed by atoms with E-state index in [0.29, 0.717) is 0 Å². The first-order valence-electron chi connectivity index (χ1n) is 6.89. The van der Waals surface area contributed by atoms with E-state index in [-0.39, 0.29) is 23.1 Å². The first kappa shape index (κ1) is 16.5. The van der Waals surface area contributed by atoms with Gasteiger partial charge < -0.3 is 10.6 Å². The van der Waals surface area contributed by atoms with E-state index in [9.17, 15) is 18.4 Å². The number of pyridine rings is 1. The van der Waals surface area contributed by atoms with Crippen molar-refractivity contribution in [3.63, 3.8) is 0 Å². The molecule has 0 bridgehead atoms. The second kappa shape index (κ2) is 6.95. The average molecular weight is 319 g/mol. The molecule has 0 unspecified atom stereocenters. The zero-order valence-corrected chi connectivity index (χ0v) is 12.6. The number of hydrogen-bond acceptors (Lipinski definition) is 3. The highest BCUT2D eigenvalue weighted by molar-refractivity contribution is 6.06. The number of aromatic nitrogens is 1. The SMILES string of the molecule is CC(C)NC(=O)c1cncc(C(=O)Nc2c(F)cccc2F)c1. The summed E-state index contributed by atoms with van der Waals surface area (Å²) in [6.07, 6.45) is 2.51. The number of halogens is 2. The summed E-state index contributed by atoms with van der Waals surface area (Å²) in [5.41, 5.74) is -0.348. The van der Waals surface area contributed by atoms with Crippen LogP contribution < -0.4 is 10.6 Å². The van der Waals surface area contributed by atoms with E-state index in [4.69, 9.17) is 0 Å². The Kier molecular flexibility index (Phi) is 5.00. The summed E-state index contributed by atoms with van der Waals surface area (Å²) < 4.78 is 27.1. The van der Waals surface area contributed by atoms with Crippen LogP contribution in [-0.2, 0) is 0 Å². The molecule has 2 amide bonds. The van der Waals surface area contributed by atoms with Crippen molar-refractivity contribution in [1.29, 1.82) is 0 Å². The number of carbonyl (C=O) groups is 2. The fraction of sp³-hybridized carbons (Fsp3) is 0.188. The third-order valence-electron chi connectivity index (χ3n) is 2.88. The molecular weight excluding hydrogens is 304 g/mol. The van der Waals surface area contributed by atoms with Crippen molar-refractivity contribution < 1.29 is 18.4 Å². The summed E-state index contributed by atoms with van der Waals surface area (Å²) in [5, 5.41) is 4.80. The van der Waals surface area contributed by atoms with Crippen LogP contribution in [-0.4, -0.2) is 22.8 Å². The molecule has 23 heavy (non-hydrogen) atoms. The van der Waals surface area contributed by atoms with Gasteiger partial charge in [0.15, 0.2) is 0 Å². The lowest BCUT2D eigenvalue weighted by atomic mass is 10.1. The number of hydrogen-bond donors (Lipinski definition) is 2. The lowest BCUT2D eigenvalue weighted by Gasteiger charge is -2.10. The quantitative estimate of drug-likeness (QED) is 0.910. The van der Waals surface area contributed by atoms with Crippen LogP contribution >= 0.6 is 0 Å². The van der Waals surface area contributed by atoms with Crippen LogP contribution in [0.25, 0.3) is 0 Å². The van der Waals surface area contributed by atoms with Gasteiger partial charge in [-0.15, -0.1) is 0 Å². The smallest absolute Gasteiger partial charge is 0.257 e. The maximum Gasteiger partial charge on any atom is 0.257 e. The van der Waals surface area contributed by atoms with Crippen LogP contribution in [0.5, 0.6) is 0 Å². The van der Waals surface area contributed by atoms with Gasteiger partial charge >= 0.3 is 0 Å². The predicted molar refractivity (Wildman–Crippen MR) is 81.2 cm³/mol. The van der Waals surface area contributed by atoms with E-state index in [1.54, 1.807) is 13.8 Å². The van der Waals surface area contributed by atoms with Gasteiger partial charge in [-0.1, -0.05) is 6.07 Å². The molecule has 2 N–H and O–H groups in total. The van der Waals surface area contributed by atoms with Crippen LogP contribution in [0.2, 0.25) is 0 Å². The standard InChI is InChI=1S/C16H15F2N3O2/c1-9(2)20-15(22)10-6-11(8-19-7-10)16(23)21-14-12(17)4-3-5-13(14)18/h3-9H,1-2H3,(H,20,22)(H,21,23).